The minimum atomic E-state index is 0.891. The van der Waals surface area contributed by atoms with Gasteiger partial charge in [0.1, 0.15) is 0 Å². The summed E-state index contributed by atoms with van der Waals surface area (Å²) >= 11 is 0. The van der Waals surface area contributed by atoms with Crippen LogP contribution in [0, 0.1) is 0 Å². The largest absolute Gasteiger partial charge is 0.0654 e. The van der Waals surface area contributed by atoms with Gasteiger partial charge in [0.2, 0.25) is 0 Å². The van der Waals surface area contributed by atoms with Gasteiger partial charge in [-0.05, 0) is 29.9 Å². The first kappa shape index (κ1) is 12.7. The topological polar surface area (TPSA) is 0 Å². The summed E-state index contributed by atoms with van der Waals surface area (Å²) in [6.45, 7) is 2.29. The molecule has 1 unspecified atom stereocenters. The molecule has 0 amide bonds. The van der Waals surface area contributed by atoms with Crippen molar-refractivity contribution in [2.24, 2.45) is 0 Å². The van der Waals surface area contributed by atoms with Gasteiger partial charge >= 0.3 is 0 Å². The van der Waals surface area contributed by atoms with E-state index in [0.717, 1.165) is 5.92 Å². The smallest absolute Gasteiger partial charge is 0.0119 e. The Balaban J connectivity index is 1.53. The second-order valence-corrected chi connectivity index (χ2v) is 5.51. The van der Waals surface area contributed by atoms with Crippen molar-refractivity contribution in [1.29, 1.82) is 0 Å². The maximum Gasteiger partial charge on any atom is -0.0119 e. The third-order valence-corrected chi connectivity index (χ3v) is 4.12. The van der Waals surface area contributed by atoms with E-state index in [9.17, 15) is 0 Å². The lowest BCUT2D eigenvalue weighted by Gasteiger charge is -2.30. The lowest BCUT2D eigenvalue weighted by Crippen LogP contribution is -2.16. The van der Waals surface area contributed by atoms with Crippen LogP contribution in [0.2, 0.25) is 0 Å². The molecule has 0 heteroatoms. The molecule has 94 valence electrons. The first-order chi connectivity index (χ1) is 8.42. The molecule has 2 rings (SSSR count). The van der Waals surface area contributed by atoms with Crippen molar-refractivity contribution in [3.63, 3.8) is 0 Å². The Morgan fingerprint density at radius 1 is 0.941 bits per heavy atom. The summed E-state index contributed by atoms with van der Waals surface area (Å²) in [6.07, 6.45) is 12.8. The van der Waals surface area contributed by atoms with Crippen molar-refractivity contribution < 1.29 is 0 Å². The average molecular weight is 230 g/mol. The van der Waals surface area contributed by atoms with Crippen LogP contribution < -0.4 is 0 Å². The van der Waals surface area contributed by atoms with Crippen LogP contribution >= 0.6 is 0 Å². The molecule has 0 bridgehead atoms. The summed E-state index contributed by atoms with van der Waals surface area (Å²) < 4.78 is 0. The molecule has 1 atom stereocenters. The molecule has 1 aliphatic carbocycles. The zero-order valence-corrected chi connectivity index (χ0v) is 11.3. The van der Waals surface area contributed by atoms with Crippen LogP contribution in [-0.2, 0) is 6.42 Å². The number of hydrogen-bond acceptors (Lipinski definition) is 0. The molecule has 0 heterocycles. The van der Waals surface area contributed by atoms with E-state index in [-0.39, 0.29) is 0 Å². The van der Waals surface area contributed by atoms with Crippen LogP contribution in [-0.4, -0.2) is 0 Å². The van der Waals surface area contributed by atoms with Crippen molar-refractivity contribution in [2.75, 3.05) is 0 Å². The minimum absolute atomic E-state index is 0.891. The predicted molar refractivity (Wildman–Crippen MR) is 75.5 cm³/mol. The molecule has 0 radical (unpaired) electrons. The van der Waals surface area contributed by atoms with Gasteiger partial charge in [-0.3, -0.25) is 0 Å². The van der Waals surface area contributed by atoms with E-state index in [2.05, 4.69) is 31.2 Å². The first-order valence-corrected chi connectivity index (χ1v) is 7.49. The van der Waals surface area contributed by atoms with Crippen molar-refractivity contribution >= 4 is 0 Å². The highest BCUT2D eigenvalue weighted by Crippen LogP contribution is 2.38. The van der Waals surface area contributed by atoms with Gasteiger partial charge in [-0.1, -0.05) is 76.1 Å². The number of benzene rings is 1. The third-order valence-electron chi connectivity index (χ3n) is 4.12. The van der Waals surface area contributed by atoms with Gasteiger partial charge < -0.3 is 0 Å². The van der Waals surface area contributed by atoms with Crippen molar-refractivity contribution in [3.05, 3.63) is 35.4 Å². The Kier molecular flexibility index (Phi) is 5.09. The Hall–Kier alpha value is -0.780. The molecule has 1 aliphatic rings. The summed E-state index contributed by atoms with van der Waals surface area (Å²) in [5, 5.41) is 0. The van der Waals surface area contributed by atoms with E-state index < -0.39 is 0 Å². The molecule has 0 aliphatic heterocycles. The number of fused-ring (bicyclic) bond motifs is 1. The summed E-state index contributed by atoms with van der Waals surface area (Å²) in [5.41, 5.74) is 3.24. The maximum absolute atomic E-state index is 2.32. The molecule has 0 N–H and O–H groups in total. The minimum Gasteiger partial charge on any atom is -0.0654 e. The highest BCUT2D eigenvalue weighted by Gasteiger charge is 2.24. The summed E-state index contributed by atoms with van der Waals surface area (Å²) in [5.74, 6) is 0.891. The molecule has 0 nitrogen and oxygen atoms in total. The van der Waals surface area contributed by atoms with Crippen LogP contribution in [0.4, 0.5) is 0 Å². The Labute approximate surface area is 106 Å². The fraction of sp³-hybridized carbons (Fsp3) is 0.647. The SMILES string of the molecule is CCCCCCCCCC1Cc2ccccc21. The Morgan fingerprint density at radius 3 is 2.41 bits per heavy atom. The highest BCUT2D eigenvalue weighted by atomic mass is 14.3. The van der Waals surface area contributed by atoms with Gasteiger partial charge in [-0.25, -0.2) is 0 Å². The van der Waals surface area contributed by atoms with Gasteiger partial charge in [-0.15, -0.1) is 0 Å². The molecular formula is C17H26. The van der Waals surface area contributed by atoms with Gasteiger partial charge in [0.05, 0.1) is 0 Å². The van der Waals surface area contributed by atoms with Gasteiger partial charge in [0.15, 0.2) is 0 Å². The third kappa shape index (κ3) is 3.59. The molecular weight excluding hydrogens is 204 g/mol. The quantitative estimate of drug-likeness (QED) is 0.520. The first-order valence-electron chi connectivity index (χ1n) is 7.49. The van der Waals surface area contributed by atoms with E-state index >= 15 is 0 Å². The van der Waals surface area contributed by atoms with Crippen LogP contribution in [0.15, 0.2) is 24.3 Å². The van der Waals surface area contributed by atoms with Crippen LogP contribution in [0.25, 0.3) is 0 Å². The Morgan fingerprint density at radius 2 is 1.65 bits per heavy atom. The number of rotatable bonds is 8. The summed E-state index contributed by atoms with van der Waals surface area (Å²) in [6, 6.07) is 8.97. The van der Waals surface area contributed by atoms with Crippen LogP contribution in [0.5, 0.6) is 0 Å². The highest BCUT2D eigenvalue weighted by molar-refractivity contribution is 5.39. The van der Waals surface area contributed by atoms with Crippen molar-refractivity contribution in [3.8, 4) is 0 Å². The lowest BCUT2D eigenvalue weighted by atomic mass is 9.75. The molecule has 0 saturated heterocycles. The predicted octanol–water partition coefficient (Wildman–Crippen LogP) is 5.47. The fourth-order valence-corrected chi connectivity index (χ4v) is 2.97. The van der Waals surface area contributed by atoms with Gasteiger partial charge in [0, 0.05) is 0 Å². The zero-order valence-electron chi connectivity index (χ0n) is 11.3. The van der Waals surface area contributed by atoms with Crippen molar-refractivity contribution in [1.82, 2.24) is 0 Å². The molecule has 0 fully saturated rings. The van der Waals surface area contributed by atoms with Crippen LogP contribution in [0.3, 0.4) is 0 Å². The maximum atomic E-state index is 2.32. The number of unbranched alkanes of at least 4 members (excludes halogenated alkanes) is 6. The monoisotopic (exact) mass is 230 g/mol. The second kappa shape index (κ2) is 6.83. The molecule has 0 spiro atoms. The van der Waals surface area contributed by atoms with Crippen LogP contribution in [0.1, 0.15) is 75.3 Å². The summed E-state index contributed by atoms with van der Waals surface area (Å²) in [4.78, 5) is 0. The van der Waals surface area contributed by atoms with Crippen molar-refractivity contribution in [2.45, 2.75) is 70.6 Å². The van der Waals surface area contributed by atoms with Gasteiger partial charge in [-0.2, -0.15) is 0 Å². The molecule has 17 heavy (non-hydrogen) atoms. The standard InChI is InChI=1S/C17H26/c1-2-3-4-5-6-7-8-11-15-14-16-12-9-10-13-17(15)16/h9-10,12-13,15H,2-8,11,14H2,1H3. The summed E-state index contributed by atoms with van der Waals surface area (Å²) in [7, 11) is 0. The zero-order chi connectivity index (χ0) is 11.9. The molecule has 0 saturated carbocycles. The van der Waals surface area contributed by atoms with E-state index in [1.54, 1.807) is 11.1 Å². The van der Waals surface area contributed by atoms with E-state index in [1.807, 2.05) is 0 Å². The normalized spacial score (nSPS) is 17.6. The number of hydrogen-bond donors (Lipinski definition) is 0. The van der Waals surface area contributed by atoms with Gasteiger partial charge in [0.25, 0.3) is 0 Å². The molecule has 1 aromatic rings. The second-order valence-electron chi connectivity index (χ2n) is 5.51. The lowest BCUT2D eigenvalue weighted by molar-refractivity contribution is 0.502. The van der Waals surface area contributed by atoms with E-state index in [0.29, 0.717) is 0 Å². The molecule has 1 aromatic carbocycles. The Bertz CT molecular complexity index is 327. The average Bonchev–Trinajstić information content (AvgIpc) is 2.33. The van der Waals surface area contributed by atoms with E-state index in [1.165, 1.54) is 57.8 Å². The van der Waals surface area contributed by atoms with E-state index in [4.69, 9.17) is 0 Å². The molecule has 0 aromatic heterocycles. The fourth-order valence-electron chi connectivity index (χ4n) is 2.97.